The third kappa shape index (κ3) is 6.01. The monoisotopic (exact) mass is 310 g/mol. The fourth-order valence-electron chi connectivity index (χ4n) is 0.818. The zero-order valence-corrected chi connectivity index (χ0v) is 13.5. The van der Waals surface area contributed by atoms with Gasteiger partial charge in [-0.05, 0) is 18.1 Å². The molecule has 16 heavy (non-hydrogen) atoms. The maximum absolute atomic E-state index is 11.1. The Kier molecular flexibility index (Phi) is 6.82. The van der Waals surface area contributed by atoms with Crippen LogP contribution >= 0.6 is 15.9 Å². The molecule has 0 spiro atoms. The first kappa shape index (κ1) is 16.1. The second-order valence-electron chi connectivity index (χ2n) is 5.27. The van der Waals surface area contributed by atoms with Crippen molar-refractivity contribution in [2.24, 2.45) is 0 Å². The van der Waals surface area contributed by atoms with Crippen molar-refractivity contribution in [1.82, 2.24) is 0 Å². The highest BCUT2D eigenvalue weighted by Gasteiger charge is 2.36. The normalized spacial score (nSPS) is 12.6. The molecule has 0 saturated heterocycles. The van der Waals surface area contributed by atoms with Gasteiger partial charge in [0.05, 0.1) is 13.0 Å². The summed E-state index contributed by atoms with van der Waals surface area (Å²) >= 11 is 3.19. The van der Waals surface area contributed by atoms with Gasteiger partial charge in [-0.2, -0.15) is 0 Å². The van der Waals surface area contributed by atoms with Crippen molar-refractivity contribution in [3.8, 4) is 0 Å². The van der Waals surface area contributed by atoms with Crippen LogP contribution in [0.2, 0.25) is 18.1 Å². The lowest BCUT2D eigenvalue weighted by Crippen LogP contribution is -2.41. The van der Waals surface area contributed by atoms with Gasteiger partial charge in [0.25, 0.3) is 0 Å². The molecule has 0 rings (SSSR count). The standard InChI is InChI=1S/C11H23BrO3Si/c1-11(2,3)16(4,5)15-9-8-14-10(13)6-7-12/h6-9H2,1-5H3. The number of ether oxygens (including phenoxy) is 1. The van der Waals surface area contributed by atoms with Crippen molar-refractivity contribution in [2.45, 2.75) is 45.3 Å². The summed E-state index contributed by atoms with van der Waals surface area (Å²) in [7, 11) is -1.70. The molecular weight excluding hydrogens is 288 g/mol. The van der Waals surface area contributed by atoms with Crippen LogP contribution in [0.25, 0.3) is 0 Å². The molecular formula is C11H23BrO3Si. The molecule has 0 unspecified atom stereocenters. The molecule has 0 heterocycles. The topological polar surface area (TPSA) is 35.5 Å². The van der Waals surface area contributed by atoms with Gasteiger partial charge in [0.1, 0.15) is 6.61 Å². The number of rotatable bonds is 6. The molecule has 0 fully saturated rings. The van der Waals surface area contributed by atoms with Gasteiger partial charge < -0.3 is 9.16 Å². The SMILES string of the molecule is CC(C)(C)[Si](C)(C)OCCOC(=O)CCBr. The highest BCUT2D eigenvalue weighted by molar-refractivity contribution is 9.09. The highest BCUT2D eigenvalue weighted by Crippen LogP contribution is 2.36. The van der Waals surface area contributed by atoms with Gasteiger partial charge in [0.15, 0.2) is 8.32 Å². The summed E-state index contributed by atoms with van der Waals surface area (Å²) < 4.78 is 10.9. The zero-order valence-electron chi connectivity index (χ0n) is 10.9. The molecule has 0 aliphatic rings. The molecule has 0 amide bonds. The number of carbonyl (C=O) groups excluding carboxylic acids is 1. The molecule has 0 atom stereocenters. The van der Waals surface area contributed by atoms with Gasteiger partial charge in [-0.1, -0.05) is 36.7 Å². The molecule has 0 aliphatic heterocycles. The van der Waals surface area contributed by atoms with Crippen molar-refractivity contribution in [2.75, 3.05) is 18.5 Å². The van der Waals surface area contributed by atoms with Crippen LogP contribution in [0.1, 0.15) is 27.2 Å². The summed E-state index contributed by atoms with van der Waals surface area (Å²) in [5.41, 5.74) is 0. The number of carbonyl (C=O) groups is 1. The number of hydrogen-bond acceptors (Lipinski definition) is 3. The maximum Gasteiger partial charge on any atom is 0.306 e. The first-order chi connectivity index (χ1) is 7.20. The van der Waals surface area contributed by atoms with Crippen molar-refractivity contribution in [3.63, 3.8) is 0 Å². The molecule has 0 aromatic carbocycles. The minimum Gasteiger partial charge on any atom is -0.463 e. The van der Waals surface area contributed by atoms with E-state index in [1.165, 1.54) is 0 Å². The van der Waals surface area contributed by atoms with Crippen LogP contribution < -0.4 is 0 Å². The predicted molar refractivity (Wildman–Crippen MR) is 72.5 cm³/mol. The zero-order chi connectivity index (χ0) is 12.8. The van der Waals surface area contributed by atoms with E-state index in [1.54, 1.807) is 0 Å². The second kappa shape index (κ2) is 6.76. The Labute approximate surface area is 108 Å². The lowest BCUT2D eigenvalue weighted by molar-refractivity contribution is -0.143. The van der Waals surface area contributed by atoms with Crippen molar-refractivity contribution in [3.05, 3.63) is 0 Å². The van der Waals surface area contributed by atoms with E-state index in [0.29, 0.717) is 25.0 Å². The predicted octanol–water partition coefficient (Wildman–Crippen LogP) is 3.34. The summed E-state index contributed by atoms with van der Waals surface area (Å²) in [5.74, 6) is -0.171. The fraction of sp³-hybridized carbons (Fsp3) is 0.909. The lowest BCUT2D eigenvalue weighted by atomic mass is 10.2. The van der Waals surface area contributed by atoms with E-state index in [9.17, 15) is 4.79 Å². The Morgan fingerprint density at radius 2 is 1.81 bits per heavy atom. The molecule has 0 aromatic heterocycles. The maximum atomic E-state index is 11.1. The highest BCUT2D eigenvalue weighted by atomic mass is 79.9. The number of halogens is 1. The molecule has 0 N–H and O–H groups in total. The molecule has 0 aliphatic carbocycles. The van der Waals surface area contributed by atoms with E-state index >= 15 is 0 Å². The Balaban J connectivity index is 3.78. The average Bonchev–Trinajstić information content (AvgIpc) is 2.11. The van der Waals surface area contributed by atoms with Gasteiger partial charge >= 0.3 is 5.97 Å². The van der Waals surface area contributed by atoms with E-state index in [4.69, 9.17) is 9.16 Å². The van der Waals surface area contributed by atoms with Crippen LogP contribution in [0.4, 0.5) is 0 Å². The van der Waals surface area contributed by atoms with Crippen LogP contribution in [-0.4, -0.2) is 32.8 Å². The average molecular weight is 311 g/mol. The van der Waals surface area contributed by atoms with Crippen molar-refractivity contribution >= 4 is 30.2 Å². The molecule has 0 saturated carbocycles. The van der Waals surface area contributed by atoms with Crippen molar-refractivity contribution < 1.29 is 14.0 Å². The smallest absolute Gasteiger partial charge is 0.306 e. The third-order valence-corrected chi connectivity index (χ3v) is 7.85. The summed E-state index contributed by atoms with van der Waals surface area (Å²) in [6.07, 6.45) is 0.417. The minimum atomic E-state index is -1.70. The summed E-state index contributed by atoms with van der Waals surface area (Å²) in [4.78, 5) is 11.1. The van der Waals surface area contributed by atoms with Gasteiger partial charge in [-0.15, -0.1) is 0 Å². The van der Waals surface area contributed by atoms with Crippen LogP contribution in [0.3, 0.4) is 0 Å². The number of hydrogen-bond donors (Lipinski definition) is 0. The number of esters is 1. The van der Waals surface area contributed by atoms with Crippen LogP contribution in [0, 0.1) is 0 Å². The number of alkyl halides is 1. The van der Waals surface area contributed by atoms with Gasteiger partial charge in [-0.25, -0.2) is 0 Å². The first-order valence-electron chi connectivity index (χ1n) is 5.56. The lowest BCUT2D eigenvalue weighted by Gasteiger charge is -2.36. The largest absolute Gasteiger partial charge is 0.463 e. The second-order valence-corrected chi connectivity index (χ2v) is 10.9. The van der Waals surface area contributed by atoms with E-state index in [-0.39, 0.29) is 11.0 Å². The third-order valence-electron chi connectivity index (χ3n) is 2.91. The molecule has 0 bridgehead atoms. The summed E-state index contributed by atoms with van der Waals surface area (Å²) in [6.45, 7) is 11.8. The van der Waals surface area contributed by atoms with Gasteiger partial charge in [0.2, 0.25) is 0 Å². The quantitative estimate of drug-likeness (QED) is 0.327. The minimum absolute atomic E-state index is 0.171. The van der Waals surface area contributed by atoms with Crippen molar-refractivity contribution in [1.29, 1.82) is 0 Å². The summed E-state index contributed by atoms with van der Waals surface area (Å²) in [6, 6.07) is 0. The molecule has 0 radical (unpaired) electrons. The Hall–Kier alpha value is 0.127. The molecule has 3 nitrogen and oxygen atoms in total. The fourth-order valence-corrected chi connectivity index (χ4v) is 2.17. The Morgan fingerprint density at radius 1 is 1.25 bits per heavy atom. The first-order valence-corrected chi connectivity index (χ1v) is 9.59. The summed E-state index contributed by atoms with van der Waals surface area (Å²) in [5, 5.41) is 0.849. The van der Waals surface area contributed by atoms with Crippen LogP contribution in [-0.2, 0) is 14.0 Å². The van der Waals surface area contributed by atoms with Gasteiger partial charge in [0, 0.05) is 5.33 Å². The van der Waals surface area contributed by atoms with Crippen LogP contribution in [0.5, 0.6) is 0 Å². The molecule has 96 valence electrons. The van der Waals surface area contributed by atoms with Gasteiger partial charge in [-0.3, -0.25) is 4.79 Å². The van der Waals surface area contributed by atoms with E-state index < -0.39 is 8.32 Å². The Morgan fingerprint density at radius 3 is 2.25 bits per heavy atom. The van der Waals surface area contributed by atoms with E-state index in [1.807, 2.05) is 0 Å². The molecule has 0 aromatic rings. The molecule has 5 heteroatoms. The van der Waals surface area contributed by atoms with Crippen LogP contribution in [0.15, 0.2) is 0 Å². The van der Waals surface area contributed by atoms with E-state index in [0.717, 1.165) is 0 Å². The Bertz CT molecular complexity index is 224. The van der Waals surface area contributed by atoms with E-state index in [2.05, 4.69) is 49.8 Å².